The highest BCUT2D eigenvalue weighted by Crippen LogP contribution is 2.14. The highest BCUT2D eigenvalue weighted by Gasteiger charge is 2.06. The fraction of sp³-hybridized carbons (Fsp3) is 0.538. The highest BCUT2D eigenvalue weighted by atomic mass is 32.2. The Labute approximate surface area is 108 Å². The maximum atomic E-state index is 5.54. The summed E-state index contributed by atoms with van der Waals surface area (Å²) in [4.78, 5) is 0. The van der Waals surface area contributed by atoms with Crippen LogP contribution in [0.25, 0.3) is 0 Å². The van der Waals surface area contributed by atoms with Gasteiger partial charge in [0.25, 0.3) is 0 Å². The molecule has 0 spiro atoms. The maximum Gasteiger partial charge on any atom is 0.118 e. The van der Waals surface area contributed by atoms with Crippen LogP contribution in [0.2, 0.25) is 0 Å². The van der Waals surface area contributed by atoms with Crippen LogP contribution in [0.3, 0.4) is 0 Å². The molecule has 96 valence electrons. The van der Waals surface area contributed by atoms with Gasteiger partial charge < -0.3 is 4.74 Å². The second kappa shape index (κ2) is 8.39. The molecule has 0 bridgehead atoms. The number of nitrogens with one attached hydrogen (secondary N) is 1. The Hall–Kier alpha value is -0.710. The Morgan fingerprint density at radius 2 is 2.06 bits per heavy atom. The van der Waals surface area contributed by atoms with E-state index in [9.17, 15) is 0 Å². The number of nitrogens with two attached hydrogens (primary N) is 1. The lowest BCUT2D eigenvalue weighted by Crippen LogP contribution is -2.37. The minimum Gasteiger partial charge on any atom is -0.497 e. The van der Waals surface area contributed by atoms with Crippen LogP contribution < -0.4 is 16.0 Å². The summed E-state index contributed by atoms with van der Waals surface area (Å²) in [6, 6.07) is 8.61. The van der Waals surface area contributed by atoms with Gasteiger partial charge in [-0.05, 0) is 36.3 Å². The predicted molar refractivity (Wildman–Crippen MR) is 75.4 cm³/mol. The summed E-state index contributed by atoms with van der Waals surface area (Å²) in [5.74, 6) is 8.66. The van der Waals surface area contributed by atoms with E-state index in [4.69, 9.17) is 10.6 Å². The second-order valence-electron chi connectivity index (χ2n) is 3.91. The molecule has 0 saturated heterocycles. The van der Waals surface area contributed by atoms with Gasteiger partial charge in [0, 0.05) is 11.8 Å². The van der Waals surface area contributed by atoms with Gasteiger partial charge in [-0.25, -0.2) is 0 Å². The first-order valence-corrected chi connectivity index (χ1v) is 7.12. The van der Waals surface area contributed by atoms with Crippen LogP contribution in [-0.2, 0) is 6.42 Å². The second-order valence-corrected chi connectivity index (χ2v) is 5.23. The molecule has 0 saturated carbocycles. The van der Waals surface area contributed by atoms with Gasteiger partial charge in [0.05, 0.1) is 7.11 Å². The van der Waals surface area contributed by atoms with Crippen molar-refractivity contribution in [3.8, 4) is 5.75 Å². The van der Waals surface area contributed by atoms with E-state index < -0.39 is 0 Å². The van der Waals surface area contributed by atoms with Gasteiger partial charge in [-0.1, -0.05) is 19.1 Å². The van der Waals surface area contributed by atoms with Gasteiger partial charge in [-0.3, -0.25) is 11.3 Å². The molecule has 0 heterocycles. The van der Waals surface area contributed by atoms with Crippen molar-refractivity contribution in [2.75, 3.05) is 18.6 Å². The lowest BCUT2D eigenvalue weighted by Gasteiger charge is -2.15. The Bertz CT molecular complexity index is 303. The molecule has 4 heteroatoms. The number of hydrazine groups is 1. The molecule has 1 rings (SSSR count). The van der Waals surface area contributed by atoms with Gasteiger partial charge in [0.1, 0.15) is 5.75 Å². The zero-order valence-corrected chi connectivity index (χ0v) is 11.4. The van der Waals surface area contributed by atoms with Crippen LogP contribution in [0.4, 0.5) is 0 Å². The largest absolute Gasteiger partial charge is 0.497 e. The molecule has 0 fully saturated rings. The zero-order valence-electron chi connectivity index (χ0n) is 10.6. The van der Waals surface area contributed by atoms with Gasteiger partial charge in [0.2, 0.25) is 0 Å². The quantitative estimate of drug-likeness (QED) is 0.551. The molecular formula is C13H22N2OS. The fourth-order valence-electron chi connectivity index (χ4n) is 1.61. The molecule has 0 aliphatic heterocycles. The average molecular weight is 254 g/mol. The molecular weight excluding hydrogens is 232 g/mol. The van der Waals surface area contributed by atoms with Crippen molar-refractivity contribution in [2.45, 2.75) is 25.8 Å². The van der Waals surface area contributed by atoms with Gasteiger partial charge in [-0.15, -0.1) is 0 Å². The summed E-state index contributed by atoms with van der Waals surface area (Å²) in [6.07, 6.45) is 2.11. The van der Waals surface area contributed by atoms with E-state index >= 15 is 0 Å². The number of benzene rings is 1. The van der Waals surface area contributed by atoms with Crippen molar-refractivity contribution in [1.29, 1.82) is 0 Å². The van der Waals surface area contributed by atoms with E-state index in [2.05, 4.69) is 24.5 Å². The summed E-state index contributed by atoms with van der Waals surface area (Å²) < 4.78 is 5.13. The van der Waals surface area contributed by atoms with Crippen molar-refractivity contribution in [3.05, 3.63) is 29.8 Å². The standard InChI is InChI=1S/C13H22N2OS/c1-3-17-10-12(15-14)7-4-11-5-8-13(16-2)9-6-11/h5-6,8-9,12,15H,3-4,7,10,14H2,1-2H3. The summed E-state index contributed by atoms with van der Waals surface area (Å²) in [7, 11) is 1.69. The Morgan fingerprint density at radius 1 is 1.35 bits per heavy atom. The molecule has 0 aromatic heterocycles. The van der Waals surface area contributed by atoms with E-state index in [1.54, 1.807) is 7.11 Å². The van der Waals surface area contributed by atoms with Gasteiger partial charge in [-0.2, -0.15) is 11.8 Å². The lowest BCUT2D eigenvalue weighted by molar-refractivity contribution is 0.414. The molecule has 0 aliphatic carbocycles. The third kappa shape index (κ3) is 5.44. The number of ether oxygens (including phenoxy) is 1. The first-order chi connectivity index (χ1) is 8.30. The third-order valence-electron chi connectivity index (χ3n) is 2.70. The van der Waals surface area contributed by atoms with E-state index in [1.165, 1.54) is 5.56 Å². The zero-order chi connectivity index (χ0) is 12.5. The molecule has 1 unspecified atom stereocenters. The molecule has 3 N–H and O–H groups in total. The molecule has 0 radical (unpaired) electrons. The number of methoxy groups -OCH3 is 1. The summed E-state index contributed by atoms with van der Waals surface area (Å²) in [6.45, 7) is 2.17. The highest BCUT2D eigenvalue weighted by molar-refractivity contribution is 7.99. The monoisotopic (exact) mass is 254 g/mol. The first kappa shape index (κ1) is 14.4. The third-order valence-corrected chi connectivity index (χ3v) is 3.75. The minimum atomic E-state index is 0.391. The van der Waals surface area contributed by atoms with Gasteiger partial charge >= 0.3 is 0 Å². The van der Waals surface area contributed by atoms with Crippen molar-refractivity contribution in [2.24, 2.45) is 5.84 Å². The summed E-state index contributed by atoms with van der Waals surface area (Å²) in [5, 5.41) is 0. The Morgan fingerprint density at radius 3 is 2.59 bits per heavy atom. The van der Waals surface area contributed by atoms with Crippen LogP contribution in [0, 0.1) is 0 Å². The molecule has 0 aliphatic rings. The van der Waals surface area contributed by atoms with Crippen molar-refractivity contribution in [1.82, 2.24) is 5.43 Å². The molecule has 17 heavy (non-hydrogen) atoms. The number of hydrogen-bond donors (Lipinski definition) is 2. The van der Waals surface area contributed by atoms with Crippen LogP contribution in [0.15, 0.2) is 24.3 Å². The predicted octanol–water partition coefficient (Wildman–Crippen LogP) is 2.21. The average Bonchev–Trinajstić information content (AvgIpc) is 2.39. The van der Waals surface area contributed by atoms with Crippen LogP contribution in [0.5, 0.6) is 5.75 Å². The first-order valence-electron chi connectivity index (χ1n) is 5.97. The lowest BCUT2D eigenvalue weighted by atomic mass is 10.1. The minimum absolute atomic E-state index is 0.391. The van der Waals surface area contributed by atoms with Crippen molar-refractivity contribution in [3.63, 3.8) is 0 Å². The van der Waals surface area contributed by atoms with E-state index in [1.807, 2.05) is 23.9 Å². The number of thioether (sulfide) groups is 1. The SMILES string of the molecule is CCSCC(CCc1ccc(OC)cc1)NN. The van der Waals surface area contributed by atoms with Crippen LogP contribution >= 0.6 is 11.8 Å². The van der Waals surface area contributed by atoms with Gasteiger partial charge in [0.15, 0.2) is 0 Å². The molecule has 1 aromatic carbocycles. The number of aryl methyl sites for hydroxylation is 1. The normalized spacial score (nSPS) is 12.4. The maximum absolute atomic E-state index is 5.54. The topological polar surface area (TPSA) is 47.3 Å². The molecule has 1 atom stereocenters. The molecule has 0 amide bonds. The van der Waals surface area contributed by atoms with E-state index in [0.717, 1.165) is 30.1 Å². The number of hydrogen-bond acceptors (Lipinski definition) is 4. The smallest absolute Gasteiger partial charge is 0.118 e. The number of rotatable bonds is 8. The van der Waals surface area contributed by atoms with Crippen molar-refractivity contribution >= 4 is 11.8 Å². The van der Waals surface area contributed by atoms with E-state index in [-0.39, 0.29) is 0 Å². The van der Waals surface area contributed by atoms with E-state index in [0.29, 0.717) is 6.04 Å². The summed E-state index contributed by atoms with van der Waals surface area (Å²) in [5.41, 5.74) is 4.21. The van der Waals surface area contributed by atoms with Crippen molar-refractivity contribution < 1.29 is 4.74 Å². The molecule has 1 aromatic rings. The Balaban J connectivity index is 2.36. The van der Waals surface area contributed by atoms with Crippen LogP contribution in [-0.4, -0.2) is 24.7 Å². The summed E-state index contributed by atoms with van der Waals surface area (Å²) >= 11 is 1.92. The Kier molecular flexibility index (Phi) is 7.08. The van der Waals surface area contributed by atoms with Crippen LogP contribution in [0.1, 0.15) is 18.9 Å². The molecule has 3 nitrogen and oxygen atoms in total. The fourth-order valence-corrected chi connectivity index (χ4v) is 2.39.